The Balaban J connectivity index is 1.11. The van der Waals surface area contributed by atoms with Crippen molar-refractivity contribution in [1.82, 2.24) is 0 Å². The number of fused-ring (bicyclic) bond motifs is 4. The van der Waals surface area contributed by atoms with Crippen molar-refractivity contribution in [2.75, 3.05) is 55.9 Å². The van der Waals surface area contributed by atoms with Gasteiger partial charge in [-0.1, -0.05) is 20.8 Å². The zero-order chi connectivity index (χ0) is 42.0. The van der Waals surface area contributed by atoms with E-state index in [4.69, 9.17) is 66.3 Å². The molecule has 7 aliphatic rings. The molecule has 0 aromatic rings. The Bertz CT molecular complexity index is 1360. The molecule has 4 bridgehead atoms. The molecule has 0 aromatic heterocycles. The lowest BCUT2D eigenvalue weighted by Gasteiger charge is -2.45. The topological polar surface area (TPSA) is 163 Å². The van der Waals surface area contributed by atoms with Crippen LogP contribution in [0.25, 0.3) is 0 Å². The van der Waals surface area contributed by atoms with Crippen molar-refractivity contribution in [3.05, 3.63) is 0 Å². The predicted molar refractivity (Wildman–Crippen MR) is 207 cm³/mol. The summed E-state index contributed by atoms with van der Waals surface area (Å²) in [7, 11) is 9.69. The Hall–Kier alpha value is -1.54. The largest absolute Gasteiger partial charge is 0.462 e. The quantitative estimate of drug-likeness (QED) is 0.262. The molecule has 0 N–H and O–H groups in total. The molecule has 5 aliphatic heterocycles. The number of cyclic esters (lactones) is 2. The van der Waals surface area contributed by atoms with Crippen LogP contribution in [0.15, 0.2) is 0 Å². The number of rotatable bonds is 12. The summed E-state index contributed by atoms with van der Waals surface area (Å²) in [5.74, 6) is 0.379. The first-order valence-corrected chi connectivity index (χ1v) is 21.9. The van der Waals surface area contributed by atoms with Gasteiger partial charge in [-0.2, -0.15) is 0 Å². The maximum atomic E-state index is 14.1. The van der Waals surface area contributed by atoms with Crippen LogP contribution < -0.4 is 0 Å². The van der Waals surface area contributed by atoms with E-state index in [1.165, 1.54) is 0 Å². The first-order chi connectivity index (χ1) is 28.5. The molecule has 0 unspecified atom stereocenters. The molecular weight excluding hydrogens is 772 g/mol. The lowest BCUT2D eigenvalue weighted by Crippen LogP contribution is -2.58. The normalized spacial score (nSPS) is 48.5. The molecule has 0 spiro atoms. The maximum Gasteiger partial charge on any atom is 0.308 e. The Morgan fingerprint density at radius 3 is 1.44 bits per heavy atom. The van der Waals surface area contributed by atoms with Crippen LogP contribution >= 0.6 is 0 Å². The van der Waals surface area contributed by atoms with Gasteiger partial charge in [-0.25, -0.2) is 0 Å². The number of methoxy groups -OCH3 is 6. The van der Waals surface area contributed by atoms with Crippen LogP contribution in [-0.4, -0.2) is 166 Å². The summed E-state index contributed by atoms with van der Waals surface area (Å²) in [5.41, 5.74) is 0. The number of ether oxygens (including phenoxy) is 14. The van der Waals surface area contributed by atoms with Gasteiger partial charge in [-0.3, -0.25) is 9.59 Å². The molecule has 2 saturated carbocycles. The fourth-order valence-electron chi connectivity index (χ4n) is 10.4. The van der Waals surface area contributed by atoms with Crippen LogP contribution in [0, 0.1) is 29.6 Å². The average Bonchev–Trinajstić information content (AvgIpc) is 4.14. The van der Waals surface area contributed by atoms with Gasteiger partial charge < -0.3 is 66.3 Å². The van der Waals surface area contributed by atoms with Gasteiger partial charge in [0.25, 0.3) is 0 Å². The SMILES string of the molecule is CO[C@@H]1[C@@H](OC)[C@H](O[C@@H]2C[C@@H]3CC(=O)O[C@H]([C@H]4C[C@@H]4C)C[C@@H]4C[C@H](O[C@@H]5OC[C@@H](OC)[C@H](OC)[C@H]5OC)[C@@H](C)[C@H](CC(=O)O[C@H]([C@H]5C[C@@H]5C)C[C@H](C2)O3)O4)OC[C@H]1OC. The monoisotopic (exact) mass is 842 g/mol. The summed E-state index contributed by atoms with van der Waals surface area (Å²) < 4.78 is 86.4. The first-order valence-electron chi connectivity index (χ1n) is 21.9. The second kappa shape index (κ2) is 20.3. The van der Waals surface area contributed by atoms with Crippen molar-refractivity contribution in [3.63, 3.8) is 0 Å². The van der Waals surface area contributed by atoms with E-state index in [1.54, 1.807) is 42.7 Å². The van der Waals surface area contributed by atoms with Crippen LogP contribution in [0.4, 0.5) is 0 Å². The van der Waals surface area contributed by atoms with Crippen LogP contribution in [0.2, 0.25) is 0 Å². The second-order valence-electron chi connectivity index (χ2n) is 18.1. The summed E-state index contributed by atoms with van der Waals surface area (Å²) in [5, 5.41) is 0. The van der Waals surface area contributed by atoms with Crippen molar-refractivity contribution in [3.8, 4) is 0 Å². The molecule has 21 atom stereocenters. The number of carbonyl (C=O) groups is 2. The van der Waals surface area contributed by atoms with Gasteiger partial charge in [-0.05, 0) is 36.5 Å². The second-order valence-corrected chi connectivity index (χ2v) is 18.1. The van der Waals surface area contributed by atoms with Gasteiger partial charge in [0.15, 0.2) is 12.6 Å². The standard InChI is InChI=1S/C43H70O16/c1-21-10-28(21)32-15-25-12-24(56-42-40(50-8)38(48-6)34(46-4)19-52-42)13-26(54-25)17-36(44)57-33(29-11-22(29)2)16-27-14-30(23(3)31(55-27)18-37(45)58-32)59-43-41(51-9)39(49-7)35(47-5)20-53-43/h21-35,38-43H,10-20H2,1-9H3/t21-,22-,23+,24-,25-,26+,27-,28-,29-,30-,31-,32-,33-,34+,35+,38-,39-,40+,41+,42-,43-/m0/s1. The molecule has 0 aromatic carbocycles. The molecule has 16 nitrogen and oxygen atoms in total. The van der Waals surface area contributed by atoms with Gasteiger partial charge in [0.2, 0.25) is 0 Å². The maximum absolute atomic E-state index is 14.1. The number of hydrogen-bond acceptors (Lipinski definition) is 16. The third-order valence-corrected chi connectivity index (χ3v) is 14.2. The molecular formula is C43H70O16. The van der Waals surface area contributed by atoms with Crippen LogP contribution in [0.5, 0.6) is 0 Å². The average molecular weight is 843 g/mol. The fraction of sp³-hybridized carbons (Fsp3) is 0.953. The van der Waals surface area contributed by atoms with E-state index in [0.717, 1.165) is 12.8 Å². The van der Waals surface area contributed by atoms with E-state index in [1.807, 2.05) is 6.92 Å². The summed E-state index contributed by atoms with van der Waals surface area (Å²) >= 11 is 0. The summed E-state index contributed by atoms with van der Waals surface area (Å²) in [4.78, 5) is 28.0. The molecule has 0 amide bonds. The number of carbonyl (C=O) groups excluding carboxylic acids is 2. The van der Waals surface area contributed by atoms with E-state index in [0.29, 0.717) is 43.9 Å². The Morgan fingerprint density at radius 2 is 0.949 bits per heavy atom. The Labute approximate surface area is 349 Å². The third-order valence-electron chi connectivity index (χ3n) is 14.2. The Morgan fingerprint density at radius 1 is 0.475 bits per heavy atom. The van der Waals surface area contributed by atoms with Crippen LogP contribution in [-0.2, 0) is 75.9 Å². The number of hydrogen-bond donors (Lipinski definition) is 0. The molecule has 2 aliphatic carbocycles. The van der Waals surface area contributed by atoms with Crippen molar-refractivity contribution in [2.45, 2.75) is 177 Å². The molecule has 59 heavy (non-hydrogen) atoms. The van der Waals surface area contributed by atoms with Gasteiger partial charge >= 0.3 is 11.9 Å². The fourth-order valence-corrected chi connectivity index (χ4v) is 10.4. The van der Waals surface area contributed by atoms with Crippen molar-refractivity contribution < 1.29 is 75.9 Å². The smallest absolute Gasteiger partial charge is 0.308 e. The molecule has 5 heterocycles. The highest BCUT2D eigenvalue weighted by atomic mass is 16.7. The van der Waals surface area contributed by atoms with Crippen LogP contribution in [0.1, 0.15) is 78.6 Å². The summed E-state index contributed by atoms with van der Waals surface area (Å²) in [6, 6.07) is 0. The van der Waals surface area contributed by atoms with Gasteiger partial charge in [0, 0.05) is 80.7 Å². The molecule has 7 fully saturated rings. The molecule has 7 rings (SSSR count). The lowest BCUT2D eigenvalue weighted by molar-refractivity contribution is -0.309. The van der Waals surface area contributed by atoms with Gasteiger partial charge in [0.1, 0.15) is 48.8 Å². The van der Waals surface area contributed by atoms with E-state index in [-0.39, 0.29) is 105 Å². The lowest BCUT2D eigenvalue weighted by atomic mass is 9.86. The number of esters is 2. The van der Waals surface area contributed by atoms with E-state index < -0.39 is 49.2 Å². The zero-order valence-corrected chi connectivity index (χ0v) is 36.4. The summed E-state index contributed by atoms with van der Waals surface area (Å²) in [6.07, 6.45) is -2.64. The minimum Gasteiger partial charge on any atom is -0.462 e. The van der Waals surface area contributed by atoms with E-state index in [9.17, 15) is 9.59 Å². The minimum absolute atomic E-state index is 0.0472. The van der Waals surface area contributed by atoms with Crippen molar-refractivity contribution in [1.29, 1.82) is 0 Å². The van der Waals surface area contributed by atoms with E-state index in [2.05, 4.69) is 13.8 Å². The molecule has 16 heteroatoms. The highest BCUT2D eigenvalue weighted by Gasteiger charge is 2.51. The van der Waals surface area contributed by atoms with Crippen molar-refractivity contribution in [2.24, 2.45) is 29.6 Å². The van der Waals surface area contributed by atoms with Crippen LogP contribution in [0.3, 0.4) is 0 Å². The Kier molecular flexibility index (Phi) is 15.7. The minimum atomic E-state index is -0.730. The van der Waals surface area contributed by atoms with Gasteiger partial charge in [-0.15, -0.1) is 0 Å². The molecule has 338 valence electrons. The van der Waals surface area contributed by atoms with Gasteiger partial charge in [0.05, 0.1) is 62.7 Å². The predicted octanol–water partition coefficient (Wildman–Crippen LogP) is 3.61. The zero-order valence-electron chi connectivity index (χ0n) is 36.4. The third kappa shape index (κ3) is 10.8. The molecule has 5 saturated heterocycles. The van der Waals surface area contributed by atoms with Crippen molar-refractivity contribution >= 4 is 11.9 Å². The highest BCUT2D eigenvalue weighted by Crippen LogP contribution is 2.47. The molecule has 0 radical (unpaired) electrons. The highest BCUT2D eigenvalue weighted by molar-refractivity contribution is 5.71. The van der Waals surface area contributed by atoms with E-state index >= 15 is 0 Å². The first kappa shape index (κ1) is 45.5. The summed E-state index contributed by atoms with van der Waals surface area (Å²) in [6.45, 7) is 6.95.